The molecule has 28 heteroatoms. The van der Waals surface area contributed by atoms with Gasteiger partial charge < -0.3 is 59.0 Å². The SMILES string of the molecule is CC(C)(C)OC(=O)CCC(CCC(=O)O)(CCC(=O)OC(C)(C)C)CC(=O)CCC(CCC(=O)NC(CCC(=O)OC(C)(C)C)(CCC(=O)OC(C)(C)C)CCC(=O)OC(C)(C)C)(CCC(=O)NC(CCC(=O)OC(C)(C)C)(CCC(=O)OC(C)(C)C)CCC(=O)OC(C)(C)C)NC(=O)CCCCCN=[N+]=[N-]. The lowest BCUT2D eigenvalue weighted by atomic mass is 9.70. The van der Waals surface area contributed by atoms with Crippen molar-refractivity contribution in [2.24, 2.45) is 10.5 Å². The molecule has 0 aliphatic rings. The standard InChI is InChI=1S/C79H136N6O22/c1-68(2,3)100-60(92)33-42-76(41-32-59(90)91,43-34-61(93)101-69(4,5)6)54-55(86)29-44-77(82-56(87)28-26-25-27-53-81-85-80,45-30-57(88)83-78(47-35-62(94)102-70(7,8)9,48-36-63(95)103-71(10,11)12)49-37-64(96)104-72(13,14)15)46-31-58(89)84-79(50-38-65(97)105-73(16,17)18,51-39-66(98)106-74(19,20)21)52-40-67(99)107-75(22,23)24/h25-54H2,1-24H3,(H,82,87)(H,83,88)(H,84,89)(H,90,91). The number of carboxylic acids is 1. The highest BCUT2D eigenvalue weighted by Crippen LogP contribution is 2.42. The van der Waals surface area contributed by atoms with Gasteiger partial charge in [0.1, 0.15) is 50.6 Å². The number of aliphatic carboxylic acids is 1. The zero-order valence-electron chi connectivity index (χ0n) is 69.6. The maximum Gasteiger partial charge on any atom is 0.306 e. The molecule has 0 aromatic heterocycles. The Hall–Kier alpha value is -7.38. The van der Waals surface area contributed by atoms with Crippen molar-refractivity contribution in [1.82, 2.24) is 16.0 Å². The Morgan fingerprint density at radius 2 is 0.505 bits per heavy atom. The van der Waals surface area contributed by atoms with Crippen LogP contribution in [0.4, 0.5) is 0 Å². The van der Waals surface area contributed by atoms with Crippen LogP contribution in [0.1, 0.15) is 352 Å². The number of amides is 3. The molecule has 4 N–H and O–H groups in total. The molecule has 0 atom stereocenters. The molecule has 0 unspecified atom stereocenters. The normalized spacial score (nSPS) is 12.8. The first-order valence-corrected chi connectivity index (χ1v) is 37.9. The molecule has 0 fully saturated rings. The Labute approximate surface area is 637 Å². The summed E-state index contributed by atoms with van der Waals surface area (Å²) < 4.78 is 45.5. The summed E-state index contributed by atoms with van der Waals surface area (Å²) in [6.07, 6.45) is -6.20. The Bertz CT molecular complexity index is 2690. The highest BCUT2D eigenvalue weighted by Gasteiger charge is 2.43. The molecule has 28 nitrogen and oxygen atoms in total. The maximum atomic E-state index is 15.4. The number of carbonyl (C=O) groups excluding carboxylic acids is 12. The fourth-order valence-corrected chi connectivity index (χ4v) is 12.0. The molecule has 0 aromatic carbocycles. The second kappa shape index (κ2) is 43.7. The zero-order valence-corrected chi connectivity index (χ0v) is 69.6. The lowest BCUT2D eigenvalue weighted by Crippen LogP contribution is -2.53. The fraction of sp³-hybridized carbons (Fsp3) is 0.835. The second-order valence-corrected chi connectivity index (χ2v) is 36.6. The molecule has 0 aliphatic carbocycles. The summed E-state index contributed by atoms with van der Waals surface area (Å²) in [7, 11) is 0. The van der Waals surface area contributed by atoms with Crippen LogP contribution in [0.3, 0.4) is 0 Å². The van der Waals surface area contributed by atoms with Crippen molar-refractivity contribution in [3.05, 3.63) is 10.4 Å². The van der Waals surface area contributed by atoms with Gasteiger partial charge in [-0.2, -0.15) is 0 Å². The number of nitrogens with zero attached hydrogens (tertiary/aromatic N) is 3. The molecule has 0 saturated heterocycles. The Morgan fingerprint density at radius 3 is 0.738 bits per heavy atom. The largest absolute Gasteiger partial charge is 0.481 e. The quantitative estimate of drug-likeness (QED) is 0.0110. The molecule has 3 amide bonds. The van der Waals surface area contributed by atoms with Gasteiger partial charge in [0.15, 0.2) is 0 Å². The van der Waals surface area contributed by atoms with Gasteiger partial charge >= 0.3 is 53.7 Å². The van der Waals surface area contributed by atoms with E-state index in [0.29, 0.717) is 12.8 Å². The maximum absolute atomic E-state index is 15.4. The van der Waals surface area contributed by atoms with Crippen LogP contribution in [0.25, 0.3) is 10.4 Å². The number of esters is 8. The van der Waals surface area contributed by atoms with Gasteiger partial charge in [-0.25, -0.2) is 0 Å². The van der Waals surface area contributed by atoms with Crippen molar-refractivity contribution < 1.29 is 105 Å². The number of hydrogen-bond donors (Lipinski definition) is 4. The van der Waals surface area contributed by atoms with E-state index in [-0.39, 0.29) is 148 Å². The number of nitrogens with one attached hydrogen (secondary N) is 3. The van der Waals surface area contributed by atoms with Crippen molar-refractivity contribution in [3.8, 4) is 0 Å². The third-order valence-electron chi connectivity index (χ3n) is 16.3. The number of ether oxygens (including phenoxy) is 8. The average molecular weight is 1520 g/mol. The minimum Gasteiger partial charge on any atom is -0.481 e. The van der Waals surface area contributed by atoms with Crippen LogP contribution >= 0.6 is 0 Å². The molecule has 0 spiro atoms. The van der Waals surface area contributed by atoms with E-state index in [2.05, 4.69) is 26.0 Å². The van der Waals surface area contributed by atoms with E-state index < -0.39 is 176 Å². The lowest BCUT2D eigenvalue weighted by Gasteiger charge is -2.39. The molecule has 0 radical (unpaired) electrons. The summed E-state index contributed by atoms with van der Waals surface area (Å²) in [5.41, 5.74) is -4.67. The van der Waals surface area contributed by atoms with Crippen LogP contribution in [0.2, 0.25) is 0 Å². The molecular weight excluding hydrogens is 1380 g/mol. The van der Waals surface area contributed by atoms with Crippen LogP contribution in [-0.2, 0) is 100 Å². The smallest absolute Gasteiger partial charge is 0.306 e. The minimum absolute atomic E-state index is 0.110. The summed E-state index contributed by atoms with van der Waals surface area (Å²) in [6.45, 7) is 40.4. The van der Waals surface area contributed by atoms with Crippen molar-refractivity contribution in [2.75, 3.05) is 6.54 Å². The van der Waals surface area contributed by atoms with Gasteiger partial charge in [0, 0.05) is 118 Å². The minimum atomic E-state index is -1.73. The van der Waals surface area contributed by atoms with Crippen LogP contribution in [0.5, 0.6) is 0 Å². The topological polar surface area (TPSA) is 401 Å². The molecule has 614 valence electrons. The van der Waals surface area contributed by atoms with Gasteiger partial charge in [0.2, 0.25) is 17.7 Å². The Balaban J connectivity index is 9.12. The van der Waals surface area contributed by atoms with E-state index in [1.54, 1.807) is 166 Å². The first-order chi connectivity index (χ1) is 48.5. The highest BCUT2D eigenvalue weighted by molar-refractivity contribution is 5.83. The van der Waals surface area contributed by atoms with Crippen LogP contribution < -0.4 is 16.0 Å². The van der Waals surface area contributed by atoms with Gasteiger partial charge in [-0.1, -0.05) is 11.5 Å². The van der Waals surface area contributed by atoms with Crippen molar-refractivity contribution >= 4 is 77.2 Å². The number of hydrogen-bond acceptors (Lipinski definition) is 22. The van der Waals surface area contributed by atoms with Crippen molar-refractivity contribution in [3.63, 3.8) is 0 Å². The summed E-state index contributed by atoms with van der Waals surface area (Å²) in [6, 6.07) is 0. The highest BCUT2D eigenvalue weighted by atomic mass is 16.6. The third kappa shape index (κ3) is 52.3. The second-order valence-electron chi connectivity index (χ2n) is 36.6. The molecule has 107 heavy (non-hydrogen) atoms. The predicted molar refractivity (Wildman–Crippen MR) is 402 cm³/mol. The number of rotatable bonds is 47. The number of azide groups is 1. The zero-order chi connectivity index (χ0) is 82.9. The van der Waals surface area contributed by atoms with Gasteiger partial charge in [-0.05, 0) is 267 Å². The molecule has 0 aromatic rings. The van der Waals surface area contributed by atoms with Crippen molar-refractivity contribution in [2.45, 2.75) is 414 Å². The monoisotopic (exact) mass is 1520 g/mol. The molecule has 0 saturated carbocycles. The summed E-state index contributed by atoms with van der Waals surface area (Å²) in [5, 5.41) is 23.1. The molecule has 0 rings (SSSR count). The van der Waals surface area contributed by atoms with E-state index in [1.807, 2.05) is 0 Å². The number of ketones is 1. The fourth-order valence-electron chi connectivity index (χ4n) is 12.0. The number of Topliss-reactive ketones (excluding diaryl/α,β-unsaturated/α-hetero) is 1. The molecule has 0 heterocycles. The number of carboxylic acid groups (broad SMARTS) is 1. The van der Waals surface area contributed by atoms with E-state index in [4.69, 9.17) is 43.4 Å². The number of carbonyl (C=O) groups is 13. The van der Waals surface area contributed by atoms with E-state index in [0.717, 1.165) is 0 Å². The van der Waals surface area contributed by atoms with Crippen LogP contribution in [0, 0.1) is 5.41 Å². The van der Waals surface area contributed by atoms with Crippen LogP contribution in [0.15, 0.2) is 5.11 Å². The summed E-state index contributed by atoms with van der Waals surface area (Å²) in [5.74, 6) is -9.00. The predicted octanol–water partition coefficient (Wildman–Crippen LogP) is 14.5. The van der Waals surface area contributed by atoms with Gasteiger partial charge in [-0.3, -0.25) is 62.3 Å². The van der Waals surface area contributed by atoms with E-state index in [9.17, 15) is 53.1 Å². The summed E-state index contributed by atoms with van der Waals surface area (Å²) >= 11 is 0. The van der Waals surface area contributed by atoms with Crippen LogP contribution in [-0.4, -0.2) is 150 Å². The lowest BCUT2D eigenvalue weighted by molar-refractivity contribution is -0.158. The van der Waals surface area contributed by atoms with Crippen molar-refractivity contribution in [1.29, 1.82) is 0 Å². The average Bonchev–Trinajstić information content (AvgIpc) is 0.824. The first-order valence-electron chi connectivity index (χ1n) is 37.9. The molecule has 0 bridgehead atoms. The molecule has 0 aliphatic heterocycles. The van der Waals surface area contributed by atoms with Gasteiger partial charge in [-0.15, -0.1) is 0 Å². The van der Waals surface area contributed by atoms with Gasteiger partial charge in [0.05, 0.1) is 0 Å². The van der Waals surface area contributed by atoms with E-state index in [1.165, 1.54) is 0 Å². The van der Waals surface area contributed by atoms with Gasteiger partial charge in [0.25, 0.3) is 0 Å². The molecular formula is C79H136N6O22. The van der Waals surface area contributed by atoms with E-state index >= 15 is 14.4 Å². The Morgan fingerprint density at radius 1 is 0.290 bits per heavy atom. The Kier molecular flexibility index (Phi) is 40.7. The first kappa shape index (κ1) is 99.6. The number of unbranched alkanes of at least 4 members (excludes halogenated alkanes) is 2. The third-order valence-corrected chi connectivity index (χ3v) is 16.3. The summed E-state index contributed by atoms with van der Waals surface area (Å²) in [4.78, 5) is 185.